The van der Waals surface area contributed by atoms with Gasteiger partial charge in [-0.3, -0.25) is 0 Å². The van der Waals surface area contributed by atoms with Gasteiger partial charge >= 0.3 is 0 Å². The summed E-state index contributed by atoms with van der Waals surface area (Å²) >= 11 is 5.92. The number of rotatable bonds is 3. The van der Waals surface area contributed by atoms with Crippen LogP contribution in [0.3, 0.4) is 0 Å². The van der Waals surface area contributed by atoms with Crippen LogP contribution in [0.4, 0.5) is 0 Å². The second-order valence-electron chi connectivity index (χ2n) is 3.08. The summed E-state index contributed by atoms with van der Waals surface area (Å²) in [5.74, 6) is 0.156. The fourth-order valence-corrected chi connectivity index (χ4v) is 1.28. The molecule has 1 aromatic carbocycles. The summed E-state index contributed by atoms with van der Waals surface area (Å²) in [4.78, 5) is 2.13. The number of aromatic hydroxyl groups is 1. The Hall–Kier alpha value is -0.730. The molecule has 0 amide bonds. The second kappa shape index (κ2) is 4.49. The summed E-state index contributed by atoms with van der Waals surface area (Å²) in [5.41, 5.74) is 0.964. The van der Waals surface area contributed by atoms with Crippen LogP contribution >= 0.6 is 11.6 Å². The molecule has 0 aliphatic rings. The molecule has 0 bridgehead atoms. The van der Waals surface area contributed by atoms with E-state index in [9.17, 15) is 5.11 Å². The number of benzene rings is 1. The second-order valence-corrected chi connectivity index (χ2v) is 3.46. The Morgan fingerprint density at radius 3 is 2.77 bits per heavy atom. The molecule has 13 heavy (non-hydrogen) atoms. The van der Waals surface area contributed by atoms with E-state index in [0.717, 1.165) is 18.7 Å². The van der Waals surface area contributed by atoms with Crippen molar-refractivity contribution in [3.8, 4) is 5.75 Å². The lowest BCUT2D eigenvalue weighted by molar-refractivity contribution is 0.345. The molecule has 0 aliphatic carbocycles. The Bertz CT molecular complexity index is 288. The van der Waals surface area contributed by atoms with Gasteiger partial charge in [0.15, 0.2) is 0 Å². The first-order valence-electron chi connectivity index (χ1n) is 4.30. The van der Waals surface area contributed by atoms with Crippen molar-refractivity contribution in [2.45, 2.75) is 13.5 Å². The van der Waals surface area contributed by atoms with E-state index in [4.69, 9.17) is 11.6 Å². The topological polar surface area (TPSA) is 23.5 Å². The Labute approximate surface area is 83.7 Å². The maximum atomic E-state index is 9.34. The molecule has 0 saturated carbocycles. The highest BCUT2D eigenvalue weighted by Crippen LogP contribution is 2.27. The normalized spacial score (nSPS) is 10.8. The van der Waals surface area contributed by atoms with Gasteiger partial charge in [0.2, 0.25) is 0 Å². The third-order valence-corrected chi connectivity index (χ3v) is 2.47. The lowest BCUT2D eigenvalue weighted by Crippen LogP contribution is -2.16. The van der Waals surface area contributed by atoms with Crippen molar-refractivity contribution < 1.29 is 5.11 Å². The fraction of sp³-hybridized carbons (Fsp3) is 0.400. The molecule has 72 valence electrons. The minimum absolute atomic E-state index is 0.156. The number of phenols is 1. The Morgan fingerprint density at radius 2 is 2.15 bits per heavy atom. The van der Waals surface area contributed by atoms with Gasteiger partial charge in [-0.05, 0) is 25.2 Å². The van der Waals surface area contributed by atoms with E-state index >= 15 is 0 Å². The van der Waals surface area contributed by atoms with Gasteiger partial charge in [0.25, 0.3) is 0 Å². The van der Waals surface area contributed by atoms with Gasteiger partial charge in [-0.1, -0.05) is 30.7 Å². The van der Waals surface area contributed by atoms with E-state index in [0.29, 0.717) is 5.02 Å². The number of phenolic OH excluding ortho intramolecular Hbond substituents is 1. The smallest absolute Gasteiger partial charge is 0.134 e. The molecule has 0 spiro atoms. The number of nitrogens with zero attached hydrogens (tertiary/aromatic N) is 1. The first-order chi connectivity index (χ1) is 6.15. The third-order valence-electron chi connectivity index (χ3n) is 2.04. The van der Waals surface area contributed by atoms with Gasteiger partial charge in [0.05, 0.1) is 5.02 Å². The molecule has 3 heteroatoms. The number of hydrogen-bond acceptors (Lipinski definition) is 2. The van der Waals surface area contributed by atoms with E-state index < -0.39 is 0 Å². The van der Waals surface area contributed by atoms with E-state index in [-0.39, 0.29) is 5.75 Å². The van der Waals surface area contributed by atoms with Crippen LogP contribution in [0, 0.1) is 0 Å². The van der Waals surface area contributed by atoms with Gasteiger partial charge < -0.3 is 10.0 Å². The number of halogens is 1. The van der Waals surface area contributed by atoms with E-state index in [1.54, 1.807) is 12.1 Å². The van der Waals surface area contributed by atoms with Gasteiger partial charge in [0.1, 0.15) is 5.75 Å². The first-order valence-corrected chi connectivity index (χ1v) is 4.67. The summed E-state index contributed by atoms with van der Waals surface area (Å²) in [6, 6.07) is 5.33. The van der Waals surface area contributed by atoms with Crippen molar-refractivity contribution in [2.75, 3.05) is 13.6 Å². The third kappa shape index (κ3) is 2.61. The van der Waals surface area contributed by atoms with Crippen LogP contribution in [-0.4, -0.2) is 23.6 Å². The zero-order valence-corrected chi connectivity index (χ0v) is 8.67. The molecule has 0 atom stereocenters. The van der Waals surface area contributed by atoms with E-state index in [1.165, 1.54) is 0 Å². The van der Waals surface area contributed by atoms with Crippen LogP contribution in [0.25, 0.3) is 0 Å². The minimum atomic E-state index is 0.156. The largest absolute Gasteiger partial charge is 0.506 e. The van der Waals surface area contributed by atoms with Gasteiger partial charge in [-0.2, -0.15) is 0 Å². The summed E-state index contributed by atoms with van der Waals surface area (Å²) < 4.78 is 0. The van der Waals surface area contributed by atoms with Gasteiger partial charge in [-0.25, -0.2) is 0 Å². The van der Waals surface area contributed by atoms with Crippen molar-refractivity contribution >= 4 is 11.6 Å². The molecule has 2 nitrogen and oxygen atoms in total. The van der Waals surface area contributed by atoms with Crippen molar-refractivity contribution in [2.24, 2.45) is 0 Å². The van der Waals surface area contributed by atoms with E-state index in [2.05, 4.69) is 11.8 Å². The molecule has 0 unspecified atom stereocenters. The van der Waals surface area contributed by atoms with Crippen LogP contribution < -0.4 is 0 Å². The molecular weight excluding hydrogens is 186 g/mol. The van der Waals surface area contributed by atoms with E-state index in [1.807, 2.05) is 13.1 Å². The average Bonchev–Trinajstić information content (AvgIpc) is 2.13. The van der Waals surface area contributed by atoms with Gasteiger partial charge in [-0.15, -0.1) is 0 Å². The Kier molecular flexibility index (Phi) is 3.58. The standard InChI is InChI=1S/C10H14ClNO/c1-3-12(2)7-8-5-4-6-9(13)10(8)11/h4-6,13H,3,7H2,1-2H3. The maximum absolute atomic E-state index is 9.34. The summed E-state index contributed by atoms with van der Waals surface area (Å²) in [5, 5.41) is 9.80. The SMILES string of the molecule is CCN(C)Cc1cccc(O)c1Cl. The summed E-state index contributed by atoms with van der Waals surface area (Å²) in [6.07, 6.45) is 0. The lowest BCUT2D eigenvalue weighted by Gasteiger charge is -2.14. The highest BCUT2D eigenvalue weighted by molar-refractivity contribution is 6.32. The van der Waals surface area contributed by atoms with Crippen molar-refractivity contribution in [3.05, 3.63) is 28.8 Å². The van der Waals surface area contributed by atoms with Crippen LogP contribution in [-0.2, 0) is 6.54 Å². The quantitative estimate of drug-likeness (QED) is 0.809. The molecule has 0 saturated heterocycles. The molecule has 1 rings (SSSR count). The molecule has 0 radical (unpaired) electrons. The predicted octanol–water partition coefficient (Wildman–Crippen LogP) is 2.50. The predicted molar refractivity (Wildman–Crippen MR) is 55.1 cm³/mol. The monoisotopic (exact) mass is 199 g/mol. The zero-order valence-electron chi connectivity index (χ0n) is 7.92. The molecule has 1 aromatic rings. The van der Waals surface area contributed by atoms with Crippen LogP contribution in [0.2, 0.25) is 5.02 Å². The summed E-state index contributed by atoms with van der Waals surface area (Å²) in [6.45, 7) is 3.81. The van der Waals surface area contributed by atoms with Crippen molar-refractivity contribution in [1.82, 2.24) is 4.90 Å². The van der Waals surface area contributed by atoms with Crippen molar-refractivity contribution in [3.63, 3.8) is 0 Å². The molecule has 0 aliphatic heterocycles. The number of hydrogen-bond donors (Lipinski definition) is 1. The zero-order chi connectivity index (χ0) is 9.84. The van der Waals surface area contributed by atoms with Crippen LogP contribution in [0.1, 0.15) is 12.5 Å². The van der Waals surface area contributed by atoms with Gasteiger partial charge in [0, 0.05) is 6.54 Å². The molecule has 0 aromatic heterocycles. The maximum Gasteiger partial charge on any atom is 0.134 e. The average molecular weight is 200 g/mol. The van der Waals surface area contributed by atoms with Crippen molar-refractivity contribution in [1.29, 1.82) is 0 Å². The van der Waals surface area contributed by atoms with Crippen LogP contribution in [0.5, 0.6) is 5.75 Å². The fourth-order valence-electron chi connectivity index (χ4n) is 1.09. The first kappa shape index (κ1) is 10.4. The molecule has 0 heterocycles. The molecular formula is C10H14ClNO. The summed E-state index contributed by atoms with van der Waals surface area (Å²) in [7, 11) is 2.01. The molecule has 1 N–H and O–H groups in total. The highest BCUT2D eigenvalue weighted by atomic mass is 35.5. The molecule has 0 fully saturated rings. The van der Waals surface area contributed by atoms with Crippen LogP contribution in [0.15, 0.2) is 18.2 Å². The minimum Gasteiger partial charge on any atom is -0.506 e. The lowest BCUT2D eigenvalue weighted by atomic mass is 10.2. The Balaban J connectivity index is 2.83. The Morgan fingerprint density at radius 1 is 1.46 bits per heavy atom. The highest BCUT2D eigenvalue weighted by Gasteiger charge is 2.05.